The number of amides is 2. The van der Waals surface area contributed by atoms with E-state index in [-0.39, 0.29) is 5.57 Å². The third-order valence-electron chi connectivity index (χ3n) is 6.19. The Morgan fingerprint density at radius 1 is 0.806 bits per heavy atom. The molecule has 1 N–H and O–H groups in total. The number of para-hydroxylation sites is 1. The number of benzene rings is 3. The number of aryl methyl sites for hydroxylation is 3. The first-order chi connectivity index (χ1) is 14.9. The van der Waals surface area contributed by atoms with Crippen molar-refractivity contribution in [2.24, 2.45) is 0 Å². The zero-order valence-corrected chi connectivity index (χ0v) is 17.6. The van der Waals surface area contributed by atoms with E-state index in [1.165, 1.54) is 0 Å². The van der Waals surface area contributed by atoms with Crippen molar-refractivity contribution >= 4 is 44.9 Å². The van der Waals surface area contributed by atoms with Crippen LogP contribution in [-0.4, -0.2) is 21.5 Å². The molecule has 2 heterocycles. The van der Waals surface area contributed by atoms with E-state index < -0.39 is 17.6 Å². The number of carbonyl (C=O) groups excluding carboxylic acids is 2. The number of anilines is 1. The molecule has 1 aliphatic rings. The Bertz CT molecular complexity index is 1440. The van der Waals surface area contributed by atoms with Gasteiger partial charge in [-0.3, -0.25) is 9.59 Å². The molecule has 1 aliphatic heterocycles. The second-order valence-corrected chi connectivity index (χ2v) is 7.93. The van der Waals surface area contributed by atoms with Crippen molar-refractivity contribution in [2.45, 2.75) is 27.3 Å². The summed E-state index contributed by atoms with van der Waals surface area (Å²) < 4.78 is 2.21. The van der Waals surface area contributed by atoms with Crippen molar-refractivity contribution in [1.29, 1.82) is 0 Å². The molecule has 4 aromatic rings. The van der Waals surface area contributed by atoms with Crippen LogP contribution in [0.5, 0.6) is 0 Å². The summed E-state index contributed by atoms with van der Waals surface area (Å²) in [6.45, 7) is 6.81. The minimum atomic E-state index is -0.697. The van der Waals surface area contributed by atoms with E-state index in [0.717, 1.165) is 44.4 Å². The second kappa shape index (κ2) is 6.84. The van der Waals surface area contributed by atoms with E-state index in [9.17, 15) is 14.7 Å². The largest absolute Gasteiger partial charge is 0.502 e. The van der Waals surface area contributed by atoms with Crippen LogP contribution in [0, 0.1) is 13.8 Å². The normalized spacial score (nSPS) is 14.5. The number of hydrogen-bond donors (Lipinski definition) is 1. The number of aliphatic hydroxyl groups excluding tert-OH is 1. The molecule has 3 aromatic carbocycles. The van der Waals surface area contributed by atoms with Gasteiger partial charge in [0.2, 0.25) is 0 Å². The lowest BCUT2D eigenvalue weighted by atomic mass is 10.00. The van der Waals surface area contributed by atoms with E-state index in [4.69, 9.17) is 0 Å². The van der Waals surface area contributed by atoms with Gasteiger partial charge in [0.1, 0.15) is 0 Å². The van der Waals surface area contributed by atoms with Crippen LogP contribution in [0.1, 0.15) is 23.6 Å². The SMILES string of the molecule is CCn1c2ccccc2c2cc(N3C(=O)C(O)=C(c4ccc(C)c(C)c4)C3=O)ccc21. The molecule has 0 aliphatic carbocycles. The highest BCUT2D eigenvalue weighted by atomic mass is 16.3. The first kappa shape index (κ1) is 19.1. The summed E-state index contributed by atoms with van der Waals surface area (Å²) >= 11 is 0. The number of carbonyl (C=O) groups is 2. The average Bonchev–Trinajstić information content (AvgIpc) is 3.20. The molecule has 0 fully saturated rings. The Morgan fingerprint density at radius 3 is 2.29 bits per heavy atom. The van der Waals surface area contributed by atoms with Crippen molar-refractivity contribution in [3.8, 4) is 0 Å². The highest BCUT2D eigenvalue weighted by Gasteiger charge is 2.40. The highest BCUT2D eigenvalue weighted by Crippen LogP contribution is 2.36. The van der Waals surface area contributed by atoms with Crippen LogP contribution < -0.4 is 4.90 Å². The number of hydrogen-bond acceptors (Lipinski definition) is 3. The molecule has 0 unspecified atom stereocenters. The fourth-order valence-electron chi connectivity index (χ4n) is 4.43. The van der Waals surface area contributed by atoms with Crippen molar-refractivity contribution in [2.75, 3.05) is 4.90 Å². The highest BCUT2D eigenvalue weighted by molar-refractivity contribution is 6.45. The molecule has 0 saturated heterocycles. The van der Waals surface area contributed by atoms with Gasteiger partial charge in [-0.15, -0.1) is 0 Å². The van der Waals surface area contributed by atoms with Gasteiger partial charge < -0.3 is 9.67 Å². The first-order valence-electron chi connectivity index (χ1n) is 10.3. The van der Waals surface area contributed by atoms with Crippen LogP contribution in [0.2, 0.25) is 0 Å². The topological polar surface area (TPSA) is 62.5 Å². The summed E-state index contributed by atoms with van der Waals surface area (Å²) in [4.78, 5) is 27.2. The van der Waals surface area contributed by atoms with Gasteiger partial charge in [-0.1, -0.05) is 36.4 Å². The number of fused-ring (bicyclic) bond motifs is 3. The van der Waals surface area contributed by atoms with Gasteiger partial charge in [-0.05, 0) is 61.7 Å². The third-order valence-corrected chi connectivity index (χ3v) is 6.19. The molecule has 0 radical (unpaired) electrons. The van der Waals surface area contributed by atoms with Crippen LogP contribution in [0.4, 0.5) is 5.69 Å². The zero-order chi connectivity index (χ0) is 21.9. The number of imide groups is 1. The van der Waals surface area contributed by atoms with Gasteiger partial charge >= 0.3 is 5.91 Å². The Hall–Kier alpha value is -3.86. The minimum absolute atomic E-state index is 0.0455. The Morgan fingerprint density at radius 2 is 1.55 bits per heavy atom. The molecule has 0 atom stereocenters. The number of nitrogens with zero attached hydrogens (tertiary/aromatic N) is 2. The van der Waals surface area contributed by atoms with Crippen LogP contribution in [0.3, 0.4) is 0 Å². The summed E-state index contributed by atoms with van der Waals surface area (Å²) in [6, 6.07) is 19.1. The first-order valence-corrected chi connectivity index (χ1v) is 10.3. The van der Waals surface area contributed by atoms with Crippen molar-refractivity contribution in [3.05, 3.63) is 83.1 Å². The van der Waals surface area contributed by atoms with Gasteiger partial charge in [-0.25, -0.2) is 4.90 Å². The lowest BCUT2D eigenvalue weighted by molar-refractivity contribution is -0.121. The number of aliphatic hydroxyl groups is 1. The van der Waals surface area contributed by atoms with Crippen LogP contribution >= 0.6 is 0 Å². The van der Waals surface area contributed by atoms with Gasteiger partial charge in [-0.2, -0.15) is 0 Å². The number of aromatic nitrogens is 1. The zero-order valence-electron chi connectivity index (χ0n) is 17.6. The Balaban J connectivity index is 1.64. The molecule has 5 heteroatoms. The van der Waals surface area contributed by atoms with Gasteiger partial charge in [0.25, 0.3) is 5.91 Å². The molecule has 31 heavy (non-hydrogen) atoms. The monoisotopic (exact) mass is 410 g/mol. The summed E-state index contributed by atoms with van der Waals surface area (Å²) in [5.74, 6) is -1.72. The lowest BCUT2D eigenvalue weighted by Gasteiger charge is -2.15. The van der Waals surface area contributed by atoms with Crippen LogP contribution in [-0.2, 0) is 16.1 Å². The van der Waals surface area contributed by atoms with Crippen LogP contribution in [0.25, 0.3) is 27.4 Å². The number of rotatable bonds is 3. The maximum Gasteiger partial charge on any atom is 0.301 e. The molecular weight excluding hydrogens is 388 g/mol. The maximum atomic E-state index is 13.3. The lowest BCUT2D eigenvalue weighted by Crippen LogP contribution is -2.31. The Kier molecular flexibility index (Phi) is 4.22. The van der Waals surface area contributed by atoms with E-state index in [1.807, 2.05) is 56.3 Å². The summed E-state index contributed by atoms with van der Waals surface area (Å²) in [5.41, 5.74) is 5.26. The molecule has 154 valence electrons. The molecule has 5 nitrogen and oxygen atoms in total. The van der Waals surface area contributed by atoms with E-state index in [0.29, 0.717) is 11.3 Å². The fourth-order valence-corrected chi connectivity index (χ4v) is 4.43. The Labute approximate surface area is 179 Å². The summed E-state index contributed by atoms with van der Waals surface area (Å²) in [6.07, 6.45) is 0. The second-order valence-electron chi connectivity index (χ2n) is 7.93. The smallest absolute Gasteiger partial charge is 0.301 e. The molecule has 0 bridgehead atoms. The fraction of sp³-hybridized carbons (Fsp3) is 0.154. The molecule has 0 saturated carbocycles. The predicted octanol–water partition coefficient (Wildman–Crippen LogP) is 5.27. The van der Waals surface area contributed by atoms with Crippen LogP contribution in [0.15, 0.2) is 66.4 Å². The van der Waals surface area contributed by atoms with Gasteiger partial charge in [0, 0.05) is 28.4 Å². The standard InChI is InChI=1S/C26H22N2O3/c1-4-27-21-8-6-5-7-19(21)20-14-18(11-12-22(20)27)28-25(30)23(24(29)26(28)31)17-10-9-15(2)16(3)13-17/h5-14,29H,4H2,1-3H3. The van der Waals surface area contributed by atoms with Crippen molar-refractivity contribution in [1.82, 2.24) is 4.57 Å². The molecular formula is C26H22N2O3. The van der Waals surface area contributed by atoms with E-state index in [1.54, 1.807) is 12.1 Å². The molecule has 0 spiro atoms. The van der Waals surface area contributed by atoms with E-state index in [2.05, 4.69) is 17.6 Å². The maximum absolute atomic E-state index is 13.3. The molecule has 2 amide bonds. The predicted molar refractivity (Wildman–Crippen MR) is 123 cm³/mol. The van der Waals surface area contributed by atoms with Gasteiger partial charge in [0.15, 0.2) is 5.76 Å². The average molecular weight is 410 g/mol. The molecule has 1 aromatic heterocycles. The van der Waals surface area contributed by atoms with E-state index >= 15 is 0 Å². The van der Waals surface area contributed by atoms with Crippen molar-refractivity contribution in [3.63, 3.8) is 0 Å². The van der Waals surface area contributed by atoms with Crippen molar-refractivity contribution < 1.29 is 14.7 Å². The minimum Gasteiger partial charge on any atom is -0.502 e. The summed E-state index contributed by atoms with van der Waals surface area (Å²) in [7, 11) is 0. The summed E-state index contributed by atoms with van der Waals surface area (Å²) in [5, 5.41) is 12.6. The molecule has 5 rings (SSSR count). The van der Waals surface area contributed by atoms with Gasteiger partial charge in [0.05, 0.1) is 11.3 Å². The third kappa shape index (κ3) is 2.70. The quantitative estimate of drug-likeness (QED) is 0.468.